The molecule has 0 aliphatic carbocycles. The van der Waals surface area contributed by atoms with Gasteiger partial charge in [-0.1, -0.05) is 15.9 Å². The topological polar surface area (TPSA) is 40.7 Å². The SMILES string of the molecule is Fc1ccc(Br)cc1-c1cnc(C2CCNCC2)[nH]1. The second kappa shape index (κ2) is 5.43. The summed E-state index contributed by atoms with van der Waals surface area (Å²) in [6, 6.07) is 4.93. The third kappa shape index (κ3) is 2.72. The first-order valence-electron chi connectivity index (χ1n) is 6.45. The first kappa shape index (κ1) is 12.8. The number of aromatic nitrogens is 2. The molecule has 1 fully saturated rings. The van der Waals surface area contributed by atoms with Gasteiger partial charge in [0, 0.05) is 16.0 Å². The number of nitrogens with zero attached hydrogens (tertiary/aromatic N) is 1. The Morgan fingerprint density at radius 2 is 2.05 bits per heavy atom. The minimum atomic E-state index is -0.233. The molecule has 0 spiro atoms. The summed E-state index contributed by atoms with van der Waals surface area (Å²) in [7, 11) is 0. The van der Waals surface area contributed by atoms with Gasteiger partial charge in [0.05, 0.1) is 11.9 Å². The zero-order valence-electron chi connectivity index (χ0n) is 10.4. The molecule has 3 rings (SSSR count). The molecule has 0 saturated carbocycles. The maximum Gasteiger partial charge on any atom is 0.132 e. The number of hydrogen-bond acceptors (Lipinski definition) is 2. The van der Waals surface area contributed by atoms with Crippen molar-refractivity contribution < 1.29 is 4.39 Å². The van der Waals surface area contributed by atoms with E-state index in [9.17, 15) is 4.39 Å². The van der Waals surface area contributed by atoms with E-state index < -0.39 is 0 Å². The fourth-order valence-electron chi connectivity index (χ4n) is 2.48. The molecule has 100 valence electrons. The lowest BCUT2D eigenvalue weighted by molar-refractivity contribution is 0.447. The Bertz CT molecular complexity index is 576. The predicted octanol–water partition coefficient (Wildman–Crippen LogP) is 3.45. The summed E-state index contributed by atoms with van der Waals surface area (Å²) < 4.78 is 14.7. The number of nitrogens with one attached hydrogen (secondary N) is 2. The quantitative estimate of drug-likeness (QED) is 0.888. The molecule has 5 heteroatoms. The predicted molar refractivity (Wildman–Crippen MR) is 76.5 cm³/mol. The maximum absolute atomic E-state index is 13.8. The number of aromatic amines is 1. The highest BCUT2D eigenvalue weighted by atomic mass is 79.9. The Kier molecular flexibility index (Phi) is 3.66. The molecule has 2 aromatic rings. The fraction of sp³-hybridized carbons (Fsp3) is 0.357. The van der Waals surface area contributed by atoms with E-state index in [1.807, 2.05) is 0 Å². The first-order chi connectivity index (χ1) is 9.24. The van der Waals surface area contributed by atoms with Crippen LogP contribution in [-0.2, 0) is 0 Å². The van der Waals surface area contributed by atoms with Gasteiger partial charge in [0.15, 0.2) is 0 Å². The molecular weight excluding hydrogens is 309 g/mol. The lowest BCUT2D eigenvalue weighted by Crippen LogP contribution is -2.27. The molecule has 0 amide bonds. The van der Waals surface area contributed by atoms with Crippen molar-refractivity contribution >= 4 is 15.9 Å². The number of rotatable bonds is 2. The minimum absolute atomic E-state index is 0.233. The van der Waals surface area contributed by atoms with Crippen molar-refractivity contribution in [2.45, 2.75) is 18.8 Å². The van der Waals surface area contributed by atoms with Crippen LogP contribution in [-0.4, -0.2) is 23.1 Å². The molecule has 0 atom stereocenters. The standard InChI is InChI=1S/C14H15BrFN3/c15-10-1-2-12(16)11(7-10)13-8-18-14(19-13)9-3-5-17-6-4-9/h1-2,7-9,17H,3-6H2,(H,18,19). The summed E-state index contributed by atoms with van der Waals surface area (Å²) in [6.07, 6.45) is 3.88. The number of imidazole rings is 1. The van der Waals surface area contributed by atoms with E-state index in [2.05, 4.69) is 31.2 Å². The molecule has 19 heavy (non-hydrogen) atoms. The van der Waals surface area contributed by atoms with E-state index in [0.29, 0.717) is 11.5 Å². The first-order valence-corrected chi connectivity index (χ1v) is 7.24. The van der Waals surface area contributed by atoms with E-state index in [0.717, 1.165) is 41.9 Å². The average Bonchev–Trinajstić information content (AvgIpc) is 2.92. The van der Waals surface area contributed by atoms with Crippen molar-refractivity contribution in [1.82, 2.24) is 15.3 Å². The Balaban J connectivity index is 1.89. The Labute approximate surface area is 119 Å². The highest BCUT2D eigenvalue weighted by Gasteiger charge is 2.19. The van der Waals surface area contributed by atoms with E-state index in [4.69, 9.17) is 0 Å². The van der Waals surface area contributed by atoms with Gasteiger partial charge >= 0.3 is 0 Å². The number of hydrogen-bond donors (Lipinski definition) is 2. The molecule has 2 heterocycles. The van der Waals surface area contributed by atoms with Gasteiger partial charge in [-0.25, -0.2) is 9.37 Å². The van der Waals surface area contributed by atoms with Crippen LogP contribution >= 0.6 is 15.9 Å². The van der Waals surface area contributed by atoms with Crippen LogP contribution in [0.25, 0.3) is 11.3 Å². The van der Waals surface area contributed by atoms with Crippen LogP contribution in [0.3, 0.4) is 0 Å². The molecule has 3 nitrogen and oxygen atoms in total. The number of piperidine rings is 1. The largest absolute Gasteiger partial charge is 0.342 e. The van der Waals surface area contributed by atoms with Gasteiger partial charge in [0.25, 0.3) is 0 Å². The molecule has 0 radical (unpaired) electrons. The van der Waals surface area contributed by atoms with Crippen LogP contribution in [0, 0.1) is 5.82 Å². The number of halogens is 2. The summed E-state index contributed by atoms with van der Waals surface area (Å²) in [5.74, 6) is 1.19. The zero-order valence-corrected chi connectivity index (χ0v) is 12.0. The van der Waals surface area contributed by atoms with Crippen LogP contribution in [0.2, 0.25) is 0 Å². The van der Waals surface area contributed by atoms with Gasteiger partial charge in [-0.15, -0.1) is 0 Å². The molecular formula is C14H15BrFN3. The molecule has 1 saturated heterocycles. The Hall–Kier alpha value is -1.20. The van der Waals surface area contributed by atoms with Crippen molar-refractivity contribution in [3.05, 3.63) is 40.5 Å². The summed E-state index contributed by atoms with van der Waals surface area (Å²) in [6.45, 7) is 2.04. The second-order valence-electron chi connectivity index (χ2n) is 4.83. The van der Waals surface area contributed by atoms with Gasteiger partial charge in [-0.3, -0.25) is 0 Å². The van der Waals surface area contributed by atoms with Crippen LogP contribution in [0.15, 0.2) is 28.9 Å². The van der Waals surface area contributed by atoms with Gasteiger partial charge in [-0.2, -0.15) is 0 Å². The lowest BCUT2D eigenvalue weighted by Gasteiger charge is -2.20. The van der Waals surface area contributed by atoms with Crippen LogP contribution < -0.4 is 5.32 Å². The number of benzene rings is 1. The Morgan fingerprint density at radius 1 is 1.26 bits per heavy atom. The van der Waals surface area contributed by atoms with E-state index >= 15 is 0 Å². The van der Waals surface area contributed by atoms with Crippen LogP contribution in [0.5, 0.6) is 0 Å². The van der Waals surface area contributed by atoms with Crippen molar-refractivity contribution in [2.75, 3.05) is 13.1 Å². The third-order valence-corrected chi connectivity index (χ3v) is 4.03. The smallest absolute Gasteiger partial charge is 0.132 e. The van der Waals surface area contributed by atoms with Gasteiger partial charge in [0.1, 0.15) is 11.6 Å². The van der Waals surface area contributed by atoms with E-state index in [-0.39, 0.29) is 5.82 Å². The van der Waals surface area contributed by atoms with Gasteiger partial charge < -0.3 is 10.3 Å². The zero-order chi connectivity index (χ0) is 13.2. The van der Waals surface area contributed by atoms with E-state index in [1.165, 1.54) is 6.07 Å². The van der Waals surface area contributed by atoms with Crippen LogP contribution in [0.1, 0.15) is 24.6 Å². The average molecular weight is 324 g/mol. The van der Waals surface area contributed by atoms with Gasteiger partial charge in [-0.05, 0) is 44.1 Å². The number of H-pyrrole nitrogens is 1. The fourth-order valence-corrected chi connectivity index (χ4v) is 2.84. The highest BCUT2D eigenvalue weighted by Crippen LogP contribution is 2.28. The third-order valence-electron chi connectivity index (χ3n) is 3.54. The van der Waals surface area contributed by atoms with E-state index in [1.54, 1.807) is 18.3 Å². The van der Waals surface area contributed by atoms with Crippen molar-refractivity contribution in [1.29, 1.82) is 0 Å². The molecule has 2 N–H and O–H groups in total. The minimum Gasteiger partial charge on any atom is -0.342 e. The summed E-state index contributed by atoms with van der Waals surface area (Å²) in [5, 5.41) is 3.33. The highest BCUT2D eigenvalue weighted by molar-refractivity contribution is 9.10. The van der Waals surface area contributed by atoms with Crippen molar-refractivity contribution in [3.8, 4) is 11.3 Å². The monoisotopic (exact) mass is 323 g/mol. The molecule has 1 aromatic carbocycles. The van der Waals surface area contributed by atoms with Crippen molar-refractivity contribution in [3.63, 3.8) is 0 Å². The Morgan fingerprint density at radius 3 is 2.84 bits per heavy atom. The molecule has 0 unspecified atom stereocenters. The molecule has 1 aliphatic rings. The maximum atomic E-state index is 13.8. The lowest BCUT2D eigenvalue weighted by atomic mass is 9.98. The summed E-state index contributed by atoms with van der Waals surface area (Å²) >= 11 is 3.37. The normalized spacial score (nSPS) is 16.7. The second-order valence-corrected chi connectivity index (χ2v) is 5.75. The molecule has 0 bridgehead atoms. The van der Waals surface area contributed by atoms with Crippen LogP contribution in [0.4, 0.5) is 4.39 Å². The molecule has 1 aromatic heterocycles. The molecule has 1 aliphatic heterocycles. The summed E-state index contributed by atoms with van der Waals surface area (Å²) in [4.78, 5) is 7.69. The van der Waals surface area contributed by atoms with Crippen molar-refractivity contribution in [2.24, 2.45) is 0 Å². The van der Waals surface area contributed by atoms with Gasteiger partial charge in [0.2, 0.25) is 0 Å². The summed E-state index contributed by atoms with van der Waals surface area (Å²) in [5.41, 5.74) is 1.30.